The number of halogens is 1. The number of nitriles is 1. The maximum absolute atomic E-state index is 8.91. The van der Waals surface area contributed by atoms with Gasteiger partial charge in [0.1, 0.15) is 17.6 Å². The van der Waals surface area contributed by atoms with Crippen LogP contribution in [0.5, 0.6) is 0 Å². The number of thioether (sulfide) groups is 1. The minimum atomic E-state index is 0.466. The third-order valence-corrected chi connectivity index (χ3v) is 3.46. The predicted octanol–water partition coefficient (Wildman–Crippen LogP) is 4.28. The Kier molecular flexibility index (Phi) is 4.78. The van der Waals surface area contributed by atoms with Crippen molar-refractivity contribution in [3.63, 3.8) is 0 Å². The molecular formula is C14H13ClN2OS. The van der Waals surface area contributed by atoms with Crippen LogP contribution < -0.4 is 5.32 Å². The van der Waals surface area contributed by atoms with Gasteiger partial charge < -0.3 is 9.73 Å². The molecule has 0 aliphatic rings. The third-order valence-electron chi connectivity index (χ3n) is 2.56. The molecule has 0 unspecified atom stereocenters. The van der Waals surface area contributed by atoms with E-state index in [0.29, 0.717) is 17.1 Å². The van der Waals surface area contributed by atoms with Crippen LogP contribution in [0.25, 0.3) is 0 Å². The van der Waals surface area contributed by atoms with Crippen molar-refractivity contribution in [2.24, 2.45) is 0 Å². The molecule has 1 N–H and O–H groups in total. The normalized spacial score (nSPS) is 10.2. The van der Waals surface area contributed by atoms with Crippen molar-refractivity contribution in [3.8, 4) is 6.07 Å². The highest BCUT2D eigenvalue weighted by Crippen LogP contribution is 2.20. The van der Waals surface area contributed by atoms with Gasteiger partial charge in [0.25, 0.3) is 0 Å². The van der Waals surface area contributed by atoms with Gasteiger partial charge in [-0.25, -0.2) is 0 Å². The molecule has 0 aliphatic carbocycles. The summed E-state index contributed by atoms with van der Waals surface area (Å²) in [5, 5.41) is 12.6. The predicted molar refractivity (Wildman–Crippen MR) is 79.4 cm³/mol. The number of hydrogen-bond acceptors (Lipinski definition) is 4. The molecule has 5 heteroatoms. The lowest BCUT2D eigenvalue weighted by Gasteiger charge is -2.05. The summed E-state index contributed by atoms with van der Waals surface area (Å²) in [5.74, 6) is 2.72. The molecule has 0 saturated carbocycles. The molecule has 0 amide bonds. The van der Waals surface area contributed by atoms with E-state index in [9.17, 15) is 0 Å². The summed E-state index contributed by atoms with van der Waals surface area (Å²) in [5.41, 5.74) is 1.32. The molecular weight excluding hydrogens is 280 g/mol. The second-order valence-corrected chi connectivity index (χ2v) is 5.23. The van der Waals surface area contributed by atoms with E-state index in [2.05, 4.69) is 11.4 Å². The second kappa shape index (κ2) is 6.55. The molecule has 0 spiro atoms. The minimum Gasteiger partial charge on any atom is -0.463 e. The number of rotatable bonds is 5. The van der Waals surface area contributed by atoms with E-state index in [1.807, 2.05) is 24.5 Å². The first kappa shape index (κ1) is 13.9. The van der Waals surface area contributed by atoms with Crippen LogP contribution in [0, 0.1) is 11.3 Å². The number of anilines is 1. The summed E-state index contributed by atoms with van der Waals surface area (Å²) in [7, 11) is 0. The molecule has 0 fully saturated rings. The van der Waals surface area contributed by atoms with E-state index in [0.717, 1.165) is 23.0 Å². The lowest BCUT2D eigenvalue weighted by molar-refractivity contribution is 0.487. The summed E-state index contributed by atoms with van der Waals surface area (Å²) in [4.78, 5) is 0. The van der Waals surface area contributed by atoms with E-state index in [-0.39, 0.29) is 0 Å². The molecule has 1 aromatic carbocycles. The van der Waals surface area contributed by atoms with E-state index in [1.54, 1.807) is 23.9 Å². The van der Waals surface area contributed by atoms with Crippen LogP contribution in [0.4, 0.5) is 5.69 Å². The first-order chi connectivity index (χ1) is 9.22. The standard InChI is InChI=1S/C14H13ClN2OS/c1-19-9-13-4-3-12(18-13)8-17-11-2-5-14(15)10(6-11)7-16/h2-6,17H,8-9H2,1H3. The first-order valence-electron chi connectivity index (χ1n) is 5.73. The van der Waals surface area contributed by atoms with Gasteiger partial charge in [0.2, 0.25) is 0 Å². The number of hydrogen-bond donors (Lipinski definition) is 1. The average molecular weight is 293 g/mol. The van der Waals surface area contributed by atoms with Crippen molar-refractivity contribution in [1.29, 1.82) is 5.26 Å². The zero-order valence-electron chi connectivity index (χ0n) is 10.4. The Hall–Kier alpha value is -1.57. The van der Waals surface area contributed by atoms with Crippen LogP contribution in [-0.2, 0) is 12.3 Å². The van der Waals surface area contributed by atoms with Crippen molar-refractivity contribution in [2.75, 3.05) is 11.6 Å². The van der Waals surface area contributed by atoms with Crippen molar-refractivity contribution in [1.82, 2.24) is 0 Å². The zero-order chi connectivity index (χ0) is 13.7. The molecule has 0 bridgehead atoms. The Balaban J connectivity index is 2.00. The van der Waals surface area contributed by atoms with Crippen LogP contribution in [-0.4, -0.2) is 6.26 Å². The highest BCUT2D eigenvalue weighted by atomic mass is 35.5. The van der Waals surface area contributed by atoms with E-state index in [1.165, 1.54) is 0 Å². The largest absolute Gasteiger partial charge is 0.463 e. The molecule has 1 aromatic heterocycles. The Bertz CT molecular complexity index is 604. The molecule has 0 saturated heterocycles. The smallest absolute Gasteiger partial charge is 0.123 e. The molecule has 98 valence electrons. The Morgan fingerprint density at radius 1 is 1.32 bits per heavy atom. The molecule has 1 heterocycles. The number of benzene rings is 1. The zero-order valence-corrected chi connectivity index (χ0v) is 12.0. The molecule has 0 aliphatic heterocycles. The van der Waals surface area contributed by atoms with Gasteiger partial charge in [-0.3, -0.25) is 0 Å². The van der Waals surface area contributed by atoms with Crippen LogP contribution in [0.3, 0.4) is 0 Å². The van der Waals surface area contributed by atoms with Gasteiger partial charge in [0.15, 0.2) is 0 Å². The lowest BCUT2D eigenvalue weighted by Crippen LogP contribution is -1.98. The summed E-state index contributed by atoms with van der Waals surface area (Å²) >= 11 is 7.60. The summed E-state index contributed by atoms with van der Waals surface area (Å²) < 4.78 is 5.65. The molecule has 0 radical (unpaired) electrons. The van der Waals surface area contributed by atoms with Gasteiger partial charge in [-0.1, -0.05) is 11.6 Å². The summed E-state index contributed by atoms with van der Waals surface area (Å²) in [6, 6.07) is 11.3. The monoisotopic (exact) mass is 292 g/mol. The molecule has 19 heavy (non-hydrogen) atoms. The fourth-order valence-corrected chi connectivity index (χ4v) is 2.25. The molecule has 2 rings (SSSR count). The summed E-state index contributed by atoms with van der Waals surface area (Å²) in [6.07, 6.45) is 2.04. The fraction of sp³-hybridized carbons (Fsp3) is 0.214. The lowest BCUT2D eigenvalue weighted by atomic mass is 10.2. The fourth-order valence-electron chi connectivity index (χ4n) is 1.65. The number of furan rings is 1. The Labute approximate surface area is 121 Å². The quantitative estimate of drug-likeness (QED) is 0.893. The van der Waals surface area contributed by atoms with Gasteiger partial charge >= 0.3 is 0 Å². The van der Waals surface area contributed by atoms with Crippen molar-refractivity contribution in [2.45, 2.75) is 12.3 Å². The van der Waals surface area contributed by atoms with E-state index < -0.39 is 0 Å². The van der Waals surface area contributed by atoms with Crippen LogP contribution in [0.2, 0.25) is 5.02 Å². The van der Waals surface area contributed by atoms with E-state index >= 15 is 0 Å². The first-order valence-corrected chi connectivity index (χ1v) is 7.50. The Morgan fingerprint density at radius 3 is 2.84 bits per heavy atom. The topological polar surface area (TPSA) is 49.0 Å². The number of nitrogens with one attached hydrogen (secondary N) is 1. The third kappa shape index (κ3) is 3.69. The maximum atomic E-state index is 8.91. The second-order valence-electron chi connectivity index (χ2n) is 3.96. The molecule has 3 nitrogen and oxygen atoms in total. The molecule has 0 atom stereocenters. The molecule has 2 aromatic rings. The average Bonchev–Trinajstić information content (AvgIpc) is 2.86. The maximum Gasteiger partial charge on any atom is 0.123 e. The van der Waals surface area contributed by atoms with Crippen molar-refractivity contribution >= 4 is 29.1 Å². The van der Waals surface area contributed by atoms with Crippen molar-refractivity contribution in [3.05, 3.63) is 52.4 Å². The van der Waals surface area contributed by atoms with Crippen LogP contribution in [0.1, 0.15) is 17.1 Å². The SMILES string of the molecule is CSCc1ccc(CNc2ccc(Cl)c(C#N)c2)o1. The van der Waals surface area contributed by atoms with Gasteiger partial charge in [-0.05, 0) is 36.6 Å². The van der Waals surface area contributed by atoms with Gasteiger partial charge in [0, 0.05) is 5.69 Å². The Morgan fingerprint density at radius 2 is 2.11 bits per heavy atom. The highest BCUT2D eigenvalue weighted by molar-refractivity contribution is 7.97. The van der Waals surface area contributed by atoms with Gasteiger partial charge in [-0.15, -0.1) is 0 Å². The number of nitrogens with zero attached hydrogens (tertiary/aromatic N) is 1. The summed E-state index contributed by atoms with van der Waals surface area (Å²) in [6.45, 7) is 0.584. The van der Waals surface area contributed by atoms with Gasteiger partial charge in [0.05, 0.1) is 22.9 Å². The van der Waals surface area contributed by atoms with Gasteiger partial charge in [-0.2, -0.15) is 17.0 Å². The highest BCUT2D eigenvalue weighted by Gasteiger charge is 2.04. The van der Waals surface area contributed by atoms with Crippen LogP contribution in [0.15, 0.2) is 34.7 Å². The van der Waals surface area contributed by atoms with Crippen molar-refractivity contribution < 1.29 is 4.42 Å². The van der Waals surface area contributed by atoms with E-state index in [4.69, 9.17) is 21.3 Å². The van der Waals surface area contributed by atoms with Crippen LogP contribution >= 0.6 is 23.4 Å². The minimum absolute atomic E-state index is 0.466.